The maximum Gasteiger partial charge on any atom is 0.309 e. The normalized spacial score (nSPS) is 20.2. The Kier molecular flexibility index (Phi) is 10.4. The quantitative estimate of drug-likeness (QED) is 0.421. The molecule has 37 heavy (non-hydrogen) atoms. The van der Waals surface area contributed by atoms with Crippen molar-refractivity contribution in [3.05, 3.63) is 83.9 Å². The Morgan fingerprint density at radius 3 is 2.19 bits per heavy atom. The lowest BCUT2D eigenvalue weighted by molar-refractivity contribution is -0.151. The third-order valence-corrected chi connectivity index (χ3v) is 6.43. The lowest BCUT2D eigenvalue weighted by atomic mass is 9.93. The maximum atomic E-state index is 13.2. The van der Waals surface area contributed by atoms with E-state index < -0.39 is 11.5 Å². The zero-order chi connectivity index (χ0) is 26.7. The molecule has 7 nitrogen and oxygen atoms in total. The molecule has 0 aromatic heterocycles. The average Bonchev–Trinajstić information content (AvgIpc) is 2.88. The standard InChI is InChI=1S/C30H38N2O5/c1-30(2)22-37-29(36)26(19-23-11-5-3-6-12-23)16-10-9-15-25(28(35)31-30)20-27(34)32(17-18-33)21-24-13-7-4-8-14-24/h3-14,25-26,33H,15-22H2,1-2H3,(H,31,35)/t25-,26-/m1/s1. The van der Waals surface area contributed by atoms with E-state index in [-0.39, 0.29) is 49.9 Å². The molecule has 3 rings (SSSR count). The Labute approximate surface area is 219 Å². The first-order valence-corrected chi connectivity index (χ1v) is 12.9. The topological polar surface area (TPSA) is 95.9 Å². The lowest BCUT2D eigenvalue weighted by Crippen LogP contribution is -2.50. The number of nitrogens with one attached hydrogen (secondary N) is 1. The molecule has 0 spiro atoms. The molecule has 0 bridgehead atoms. The predicted molar refractivity (Wildman–Crippen MR) is 142 cm³/mol. The molecule has 7 heteroatoms. The van der Waals surface area contributed by atoms with E-state index in [1.807, 2.05) is 72.8 Å². The third-order valence-electron chi connectivity index (χ3n) is 6.43. The van der Waals surface area contributed by atoms with Crippen molar-refractivity contribution in [1.82, 2.24) is 10.2 Å². The highest BCUT2D eigenvalue weighted by molar-refractivity contribution is 5.86. The summed E-state index contributed by atoms with van der Waals surface area (Å²) in [6.45, 7) is 4.05. The number of benzene rings is 2. The summed E-state index contributed by atoms with van der Waals surface area (Å²) in [4.78, 5) is 40.9. The van der Waals surface area contributed by atoms with Gasteiger partial charge in [-0.3, -0.25) is 14.4 Å². The summed E-state index contributed by atoms with van der Waals surface area (Å²) < 4.78 is 5.63. The molecule has 1 heterocycles. The lowest BCUT2D eigenvalue weighted by Gasteiger charge is -2.30. The van der Waals surface area contributed by atoms with Crippen LogP contribution in [0.2, 0.25) is 0 Å². The summed E-state index contributed by atoms with van der Waals surface area (Å²) in [6, 6.07) is 19.4. The number of hydrogen-bond acceptors (Lipinski definition) is 5. The van der Waals surface area contributed by atoms with E-state index >= 15 is 0 Å². The number of hydrogen-bond donors (Lipinski definition) is 2. The van der Waals surface area contributed by atoms with Crippen LogP contribution in [0.15, 0.2) is 72.8 Å². The van der Waals surface area contributed by atoms with Gasteiger partial charge in [0.15, 0.2) is 0 Å². The van der Waals surface area contributed by atoms with Crippen LogP contribution in [0.3, 0.4) is 0 Å². The molecule has 0 saturated carbocycles. The molecule has 2 amide bonds. The van der Waals surface area contributed by atoms with E-state index in [0.717, 1.165) is 11.1 Å². The highest BCUT2D eigenvalue weighted by atomic mass is 16.5. The first-order chi connectivity index (χ1) is 17.8. The zero-order valence-electron chi connectivity index (χ0n) is 21.8. The zero-order valence-corrected chi connectivity index (χ0v) is 21.8. The number of aliphatic hydroxyl groups is 1. The number of ether oxygens (including phenoxy) is 1. The monoisotopic (exact) mass is 506 g/mol. The second kappa shape index (κ2) is 13.7. The van der Waals surface area contributed by atoms with Crippen molar-refractivity contribution >= 4 is 17.8 Å². The number of allylic oxidation sites excluding steroid dienone is 2. The molecule has 0 saturated heterocycles. The number of cyclic esters (lactones) is 1. The van der Waals surface area contributed by atoms with Crippen molar-refractivity contribution < 1.29 is 24.2 Å². The summed E-state index contributed by atoms with van der Waals surface area (Å²) >= 11 is 0. The van der Waals surface area contributed by atoms with E-state index in [1.165, 1.54) is 0 Å². The van der Waals surface area contributed by atoms with E-state index in [2.05, 4.69) is 5.32 Å². The van der Waals surface area contributed by atoms with Gasteiger partial charge in [0.2, 0.25) is 11.8 Å². The van der Waals surface area contributed by atoms with Gasteiger partial charge in [-0.05, 0) is 44.2 Å². The molecule has 2 aromatic rings. The number of rotatable bonds is 8. The van der Waals surface area contributed by atoms with Gasteiger partial charge in [-0.2, -0.15) is 0 Å². The smallest absolute Gasteiger partial charge is 0.309 e. The Morgan fingerprint density at radius 1 is 0.973 bits per heavy atom. The molecule has 0 unspecified atom stereocenters. The Balaban J connectivity index is 1.74. The van der Waals surface area contributed by atoms with Gasteiger partial charge < -0.3 is 20.1 Å². The van der Waals surface area contributed by atoms with Crippen LogP contribution >= 0.6 is 0 Å². The van der Waals surface area contributed by atoms with Crippen LogP contribution in [0, 0.1) is 11.8 Å². The number of amides is 2. The van der Waals surface area contributed by atoms with Crippen molar-refractivity contribution in [3.8, 4) is 0 Å². The first-order valence-electron chi connectivity index (χ1n) is 12.9. The summed E-state index contributed by atoms with van der Waals surface area (Å²) in [7, 11) is 0. The van der Waals surface area contributed by atoms with Crippen LogP contribution in [-0.2, 0) is 32.1 Å². The van der Waals surface area contributed by atoms with E-state index in [4.69, 9.17) is 4.74 Å². The van der Waals surface area contributed by atoms with Gasteiger partial charge in [-0.1, -0.05) is 72.8 Å². The van der Waals surface area contributed by atoms with Gasteiger partial charge in [0.05, 0.1) is 24.0 Å². The minimum absolute atomic E-state index is 0.0202. The Bertz CT molecular complexity index is 1050. The number of aliphatic hydroxyl groups excluding tert-OH is 1. The largest absolute Gasteiger partial charge is 0.463 e. The Morgan fingerprint density at radius 2 is 1.57 bits per heavy atom. The number of nitrogens with zero attached hydrogens (tertiary/aromatic N) is 1. The fraction of sp³-hybridized carbons (Fsp3) is 0.433. The molecular formula is C30H38N2O5. The molecule has 0 aliphatic carbocycles. The molecule has 198 valence electrons. The highest BCUT2D eigenvalue weighted by Gasteiger charge is 2.31. The minimum Gasteiger partial charge on any atom is -0.463 e. The molecule has 1 aliphatic rings. The summed E-state index contributed by atoms with van der Waals surface area (Å²) in [6.07, 6.45) is 5.23. The van der Waals surface area contributed by atoms with E-state index in [0.29, 0.717) is 25.8 Å². The first kappa shape index (κ1) is 28.1. The molecule has 0 radical (unpaired) electrons. The van der Waals surface area contributed by atoms with Crippen molar-refractivity contribution in [3.63, 3.8) is 0 Å². The van der Waals surface area contributed by atoms with Crippen LogP contribution in [0.25, 0.3) is 0 Å². The van der Waals surface area contributed by atoms with Crippen LogP contribution in [-0.4, -0.2) is 53.1 Å². The molecule has 2 N–H and O–H groups in total. The van der Waals surface area contributed by atoms with E-state index in [1.54, 1.807) is 18.7 Å². The maximum absolute atomic E-state index is 13.2. The van der Waals surface area contributed by atoms with Crippen molar-refractivity contribution in [2.75, 3.05) is 19.8 Å². The Hall–Kier alpha value is -3.45. The van der Waals surface area contributed by atoms with Gasteiger partial charge in [0, 0.05) is 19.5 Å². The van der Waals surface area contributed by atoms with Crippen LogP contribution in [0.4, 0.5) is 0 Å². The summed E-state index contributed by atoms with van der Waals surface area (Å²) in [5.74, 6) is -1.66. The minimum atomic E-state index is -0.789. The summed E-state index contributed by atoms with van der Waals surface area (Å²) in [5, 5.41) is 12.5. The second-order valence-electron chi connectivity index (χ2n) is 10.2. The van der Waals surface area contributed by atoms with Crippen LogP contribution in [0.5, 0.6) is 0 Å². The van der Waals surface area contributed by atoms with Crippen molar-refractivity contribution in [2.24, 2.45) is 11.8 Å². The van der Waals surface area contributed by atoms with Gasteiger partial charge >= 0.3 is 5.97 Å². The molecule has 2 aromatic carbocycles. The molecule has 2 atom stereocenters. The van der Waals surface area contributed by atoms with Crippen molar-refractivity contribution in [2.45, 2.75) is 51.6 Å². The van der Waals surface area contributed by atoms with Crippen LogP contribution < -0.4 is 5.32 Å². The predicted octanol–water partition coefficient (Wildman–Crippen LogP) is 3.66. The van der Waals surface area contributed by atoms with E-state index in [9.17, 15) is 19.5 Å². The molecule has 1 aliphatic heterocycles. The SMILES string of the molecule is CC1(C)COC(=O)[C@@H](Cc2ccccc2)CC=CC[C@H](CC(=O)N(CCO)Cc2ccccc2)C(=O)N1. The fourth-order valence-corrected chi connectivity index (χ4v) is 4.36. The summed E-state index contributed by atoms with van der Waals surface area (Å²) in [5.41, 5.74) is 1.23. The number of carbonyl (C=O) groups excluding carboxylic acids is 3. The molecule has 0 fully saturated rings. The van der Waals surface area contributed by atoms with Crippen molar-refractivity contribution in [1.29, 1.82) is 0 Å². The number of esters is 1. The van der Waals surface area contributed by atoms with Gasteiger partial charge in [0.25, 0.3) is 0 Å². The van der Waals surface area contributed by atoms with Gasteiger partial charge in [-0.15, -0.1) is 0 Å². The highest BCUT2D eigenvalue weighted by Crippen LogP contribution is 2.21. The average molecular weight is 507 g/mol. The second-order valence-corrected chi connectivity index (χ2v) is 10.2. The molecular weight excluding hydrogens is 468 g/mol. The fourth-order valence-electron chi connectivity index (χ4n) is 4.36. The third kappa shape index (κ3) is 9.17. The van der Waals surface area contributed by atoms with Gasteiger partial charge in [-0.25, -0.2) is 0 Å². The van der Waals surface area contributed by atoms with Crippen LogP contribution in [0.1, 0.15) is 44.2 Å². The number of carbonyl (C=O) groups is 3. The van der Waals surface area contributed by atoms with Gasteiger partial charge in [0.1, 0.15) is 6.61 Å².